The molecule has 0 aliphatic heterocycles. The van der Waals surface area contributed by atoms with E-state index in [0.717, 1.165) is 6.08 Å². The Morgan fingerprint density at radius 1 is 0.900 bits per heavy atom. The Morgan fingerprint density at radius 2 is 1.45 bits per heavy atom. The first kappa shape index (κ1) is 15.2. The molecule has 0 bridgehead atoms. The fraction of sp³-hybridized carbons (Fsp3) is 0.273. The lowest BCUT2D eigenvalue weighted by atomic mass is 10.1. The molecule has 0 N–H and O–H groups in total. The largest absolute Gasteiger partial charge is 0.414 e. The summed E-state index contributed by atoms with van der Waals surface area (Å²) in [6.07, 6.45) is 1.50. The maximum Gasteiger partial charge on any atom is 0.414 e. The number of benzene rings is 1. The molecule has 9 heteroatoms. The summed E-state index contributed by atoms with van der Waals surface area (Å²) >= 11 is 0. The molecule has 0 saturated carbocycles. The van der Waals surface area contributed by atoms with Crippen LogP contribution >= 0.6 is 7.92 Å². The minimum Gasteiger partial charge on any atom is -0.207 e. The lowest BCUT2D eigenvalue weighted by molar-refractivity contribution is -0.0842. The van der Waals surface area contributed by atoms with Crippen LogP contribution in [-0.2, 0) is 0 Å². The van der Waals surface area contributed by atoms with Gasteiger partial charge in [0.25, 0.3) is 0 Å². The van der Waals surface area contributed by atoms with Gasteiger partial charge in [-0.3, -0.25) is 0 Å². The number of rotatable bonds is 1. The zero-order chi connectivity index (χ0) is 15.3. The Labute approximate surface area is 108 Å². The van der Waals surface area contributed by atoms with Gasteiger partial charge in [0.2, 0.25) is 0 Å². The van der Waals surface area contributed by atoms with Gasteiger partial charge in [0.1, 0.15) is 19.6 Å². The highest BCUT2D eigenvalue weighted by molar-refractivity contribution is 7.60. The highest BCUT2D eigenvalue weighted by Crippen LogP contribution is 2.73. The molecule has 1 atom stereocenters. The van der Waals surface area contributed by atoms with Gasteiger partial charge in [-0.1, -0.05) is 12.2 Å². The minimum atomic E-state index is -5.52. The molecule has 0 heterocycles. The number of halogens is 8. The van der Waals surface area contributed by atoms with Crippen LogP contribution in [0.2, 0.25) is 0 Å². The lowest BCUT2D eigenvalue weighted by Gasteiger charge is -2.28. The number of hydrogen-bond acceptors (Lipinski definition) is 0. The van der Waals surface area contributed by atoms with Gasteiger partial charge in [0.05, 0.1) is 0 Å². The van der Waals surface area contributed by atoms with Gasteiger partial charge in [-0.15, -0.1) is 0 Å². The van der Waals surface area contributed by atoms with E-state index in [2.05, 4.69) is 0 Å². The first-order valence-electron chi connectivity index (χ1n) is 5.12. The van der Waals surface area contributed by atoms with E-state index in [-0.39, 0.29) is 11.6 Å². The van der Waals surface area contributed by atoms with Crippen molar-refractivity contribution in [3.63, 3.8) is 0 Å². The maximum absolute atomic E-state index is 13.5. The summed E-state index contributed by atoms with van der Waals surface area (Å²) in [5, 5.41) is 0. The second-order valence-corrected chi connectivity index (χ2v) is 6.31. The average Bonchev–Trinajstić information content (AvgIpc) is 2.56. The van der Waals surface area contributed by atoms with Crippen LogP contribution < -0.4 is 0 Å². The van der Waals surface area contributed by atoms with Crippen molar-refractivity contribution in [2.24, 2.45) is 0 Å². The van der Waals surface area contributed by atoms with Gasteiger partial charge in [0, 0.05) is 17.3 Å². The molecule has 0 aromatic heterocycles. The van der Waals surface area contributed by atoms with Crippen molar-refractivity contribution < 1.29 is 35.1 Å². The van der Waals surface area contributed by atoms with Gasteiger partial charge in [-0.05, 0) is 11.6 Å². The highest BCUT2D eigenvalue weighted by Gasteiger charge is 2.61. The maximum atomic E-state index is 13.5. The highest BCUT2D eigenvalue weighted by atomic mass is 31.1. The Bertz CT molecular complexity index is 543. The standard InChI is InChI=1S/C11H5F8P/c12-6-3-5-1-2-8(9(5)7(13)4-6)20(10(14,15)16)11(17,18)19/h1-4,8H. The van der Waals surface area contributed by atoms with E-state index >= 15 is 0 Å². The first-order valence-corrected chi connectivity index (χ1v) is 6.53. The van der Waals surface area contributed by atoms with Crippen LogP contribution in [0.15, 0.2) is 18.2 Å². The molecule has 110 valence electrons. The van der Waals surface area contributed by atoms with E-state index in [0.29, 0.717) is 12.1 Å². The first-order chi connectivity index (χ1) is 9.01. The van der Waals surface area contributed by atoms with E-state index < -0.39 is 42.6 Å². The fourth-order valence-electron chi connectivity index (χ4n) is 2.02. The van der Waals surface area contributed by atoms with Gasteiger partial charge in [-0.25, -0.2) is 8.78 Å². The van der Waals surface area contributed by atoms with Crippen LogP contribution in [0, 0.1) is 11.6 Å². The second kappa shape index (κ2) is 4.69. The van der Waals surface area contributed by atoms with E-state index in [1.807, 2.05) is 0 Å². The van der Waals surface area contributed by atoms with E-state index in [1.165, 1.54) is 0 Å². The smallest absolute Gasteiger partial charge is 0.207 e. The number of allylic oxidation sites excluding steroid dienone is 1. The lowest BCUT2D eigenvalue weighted by Crippen LogP contribution is -2.22. The minimum absolute atomic E-state index is 0.277. The Kier molecular flexibility index (Phi) is 3.57. The predicted octanol–water partition coefficient (Wildman–Crippen LogP) is 5.55. The summed E-state index contributed by atoms with van der Waals surface area (Å²) in [5.74, 6) is -13.5. The third-order valence-corrected chi connectivity index (χ3v) is 4.78. The average molecular weight is 320 g/mol. The summed E-state index contributed by atoms with van der Waals surface area (Å²) in [5.41, 5.74) is -3.23. The van der Waals surface area contributed by atoms with Crippen LogP contribution in [0.5, 0.6) is 0 Å². The van der Waals surface area contributed by atoms with Crippen molar-refractivity contribution in [3.8, 4) is 0 Å². The zero-order valence-electron chi connectivity index (χ0n) is 9.36. The number of fused-ring (bicyclic) bond motifs is 1. The molecule has 0 radical (unpaired) electrons. The van der Waals surface area contributed by atoms with Crippen molar-refractivity contribution in [3.05, 3.63) is 41.0 Å². The predicted molar refractivity (Wildman–Crippen MR) is 57.2 cm³/mol. The van der Waals surface area contributed by atoms with Crippen LogP contribution in [0.3, 0.4) is 0 Å². The summed E-state index contributed by atoms with van der Waals surface area (Å²) in [4.78, 5) is 0. The Hall–Kier alpha value is -1.17. The molecule has 0 nitrogen and oxygen atoms in total. The van der Waals surface area contributed by atoms with E-state index in [9.17, 15) is 35.1 Å². The molecule has 1 aromatic rings. The van der Waals surface area contributed by atoms with Gasteiger partial charge >= 0.3 is 11.8 Å². The Balaban J connectivity index is 2.55. The molecule has 1 aliphatic carbocycles. The van der Waals surface area contributed by atoms with Crippen LogP contribution in [0.25, 0.3) is 6.08 Å². The second-order valence-electron chi connectivity index (χ2n) is 4.00. The summed E-state index contributed by atoms with van der Waals surface area (Å²) in [6, 6.07) is 0.980. The van der Waals surface area contributed by atoms with Crippen molar-refractivity contribution in [1.82, 2.24) is 0 Å². The van der Waals surface area contributed by atoms with Crippen LogP contribution in [0.1, 0.15) is 16.8 Å². The monoisotopic (exact) mass is 320 g/mol. The SMILES string of the molecule is Fc1cc(F)c2c(c1)C=CC2P(C(F)(F)F)C(F)(F)F. The molecule has 1 unspecified atom stereocenters. The Morgan fingerprint density at radius 3 is 1.95 bits per heavy atom. The molecule has 1 aromatic carbocycles. The topological polar surface area (TPSA) is 0 Å². The number of hydrogen-bond donors (Lipinski definition) is 0. The van der Waals surface area contributed by atoms with Gasteiger partial charge < -0.3 is 0 Å². The zero-order valence-corrected chi connectivity index (χ0v) is 10.3. The summed E-state index contributed by atoms with van der Waals surface area (Å²) < 4.78 is 102. The van der Waals surface area contributed by atoms with Crippen molar-refractivity contribution in [2.75, 3.05) is 0 Å². The van der Waals surface area contributed by atoms with Gasteiger partial charge in [-0.2, -0.15) is 26.3 Å². The molecule has 0 fully saturated rings. The molecule has 2 rings (SSSR count). The molecule has 1 aliphatic rings. The number of alkyl halides is 6. The quantitative estimate of drug-likeness (QED) is 0.470. The molecule has 0 amide bonds. The molecular formula is C11H5F8P. The third-order valence-electron chi connectivity index (χ3n) is 2.70. The van der Waals surface area contributed by atoms with Crippen molar-refractivity contribution in [2.45, 2.75) is 17.5 Å². The normalized spacial score (nSPS) is 18.8. The summed E-state index contributed by atoms with van der Waals surface area (Å²) in [7, 11) is -4.51. The van der Waals surface area contributed by atoms with Crippen LogP contribution in [-0.4, -0.2) is 11.8 Å². The van der Waals surface area contributed by atoms with Crippen molar-refractivity contribution >= 4 is 14.0 Å². The van der Waals surface area contributed by atoms with Gasteiger partial charge in [0.15, 0.2) is 0 Å². The summed E-state index contributed by atoms with van der Waals surface area (Å²) in [6.45, 7) is 0. The fourth-order valence-corrected chi connectivity index (χ4v) is 3.73. The van der Waals surface area contributed by atoms with E-state index in [1.54, 1.807) is 0 Å². The van der Waals surface area contributed by atoms with Crippen LogP contribution in [0.4, 0.5) is 35.1 Å². The molecular weight excluding hydrogens is 315 g/mol. The van der Waals surface area contributed by atoms with Crippen molar-refractivity contribution in [1.29, 1.82) is 0 Å². The molecule has 0 spiro atoms. The third kappa shape index (κ3) is 2.66. The molecule has 20 heavy (non-hydrogen) atoms. The van der Waals surface area contributed by atoms with E-state index in [4.69, 9.17) is 0 Å². The molecule has 0 saturated heterocycles.